The second-order valence-corrected chi connectivity index (χ2v) is 13.1. The van der Waals surface area contributed by atoms with Crippen molar-refractivity contribution in [3.63, 3.8) is 0 Å². The molecule has 1 aliphatic rings. The lowest BCUT2D eigenvalue weighted by atomic mass is 9.94. The zero-order valence-electron chi connectivity index (χ0n) is 25.9. The Bertz CT molecular complexity index is 1710. The third-order valence-electron chi connectivity index (χ3n) is 7.74. The number of carbonyl (C=O) groups is 1. The number of esters is 1. The van der Waals surface area contributed by atoms with E-state index in [0.717, 1.165) is 50.4 Å². The predicted octanol–water partition coefficient (Wildman–Crippen LogP) is 6.48. The monoisotopic (exact) mass is 629 g/mol. The van der Waals surface area contributed by atoms with Crippen LogP contribution in [0, 0.1) is 13.8 Å². The molecule has 0 fully saturated rings. The maximum atomic E-state index is 12.3. The summed E-state index contributed by atoms with van der Waals surface area (Å²) < 4.78 is 50.0. The molecule has 0 amide bonds. The molecule has 45 heavy (non-hydrogen) atoms. The van der Waals surface area contributed by atoms with Crippen molar-refractivity contribution in [3.05, 3.63) is 113 Å². The number of fused-ring (bicyclic) bond motifs is 1. The fourth-order valence-corrected chi connectivity index (χ4v) is 6.77. The van der Waals surface area contributed by atoms with Crippen molar-refractivity contribution in [2.45, 2.75) is 45.0 Å². The molecule has 236 valence electrons. The minimum absolute atomic E-state index is 0.00700. The molecular formula is C36H39NO7S. The zero-order valence-corrected chi connectivity index (χ0v) is 26.7. The van der Waals surface area contributed by atoms with Crippen LogP contribution in [0.15, 0.2) is 84.9 Å². The van der Waals surface area contributed by atoms with Gasteiger partial charge in [0.2, 0.25) is 10.0 Å². The van der Waals surface area contributed by atoms with E-state index in [9.17, 15) is 13.2 Å². The molecule has 0 bridgehead atoms. The maximum absolute atomic E-state index is 12.3. The highest BCUT2D eigenvalue weighted by Crippen LogP contribution is 2.39. The lowest BCUT2D eigenvalue weighted by Crippen LogP contribution is -2.27. The summed E-state index contributed by atoms with van der Waals surface area (Å²) in [6.07, 6.45) is 0.849. The number of aryl methyl sites for hydroxylation is 2. The molecule has 1 unspecified atom stereocenters. The number of hydrogen-bond donors (Lipinski definition) is 1. The summed E-state index contributed by atoms with van der Waals surface area (Å²) in [7, 11) is -2.00. The molecule has 0 saturated heterocycles. The molecule has 9 heteroatoms. The van der Waals surface area contributed by atoms with Gasteiger partial charge in [0, 0.05) is 24.1 Å². The first-order valence-corrected chi connectivity index (χ1v) is 16.7. The summed E-state index contributed by atoms with van der Waals surface area (Å²) in [5.74, 6) is 1.91. The van der Waals surface area contributed by atoms with Crippen LogP contribution in [0.4, 0.5) is 0 Å². The van der Waals surface area contributed by atoms with Crippen molar-refractivity contribution in [2.75, 3.05) is 26.9 Å². The molecule has 0 saturated carbocycles. The van der Waals surface area contributed by atoms with E-state index < -0.39 is 10.0 Å². The van der Waals surface area contributed by atoms with E-state index in [1.807, 2.05) is 60.7 Å². The van der Waals surface area contributed by atoms with Crippen LogP contribution in [-0.4, -0.2) is 41.3 Å². The number of nitrogens with one attached hydrogen (secondary N) is 1. The number of methoxy groups -OCH3 is 1. The van der Waals surface area contributed by atoms with E-state index in [2.05, 4.69) is 30.7 Å². The zero-order chi connectivity index (χ0) is 31.8. The van der Waals surface area contributed by atoms with Gasteiger partial charge in [0.05, 0.1) is 32.5 Å². The summed E-state index contributed by atoms with van der Waals surface area (Å²) in [6, 6.07) is 27.2. The van der Waals surface area contributed by atoms with E-state index in [1.54, 1.807) is 12.1 Å². The van der Waals surface area contributed by atoms with Gasteiger partial charge in [-0.25, -0.2) is 13.1 Å². The maximum Gasteiger partial charge on any atom is 0.306 e. The second kappa shape index (κ2) is 14.6. The molecule has 8 nitrogen and oxygen atoms in total. The first-order valence-electron chi connectivity index (χ1n) is 15.0. The molecule has 5 rings (SSSR count). The fourth-order valence-electron chi connectivity index (χ4n) is 5.58. The Hall–Kier alpha value is -4.34. The van der Waals surface area contributed by atoms with E-state index in [1.165, 1.54) is 7.11 Å². The minimum atomic E-state index is -3.40. The fraction of sp³-hybridized carbons (Fsp3) is 0.306. The standard InChI is InChI=1S/C36H39NO7S/c1-25-17-32(42-16-8-15-37-45(39,40)24-27-9-5-4-6-10-27)18-26(2)36(25)29-12-7-11-28(19-29)22-43-31-13-14-33-30(20-35(38)41-3)23-44-34(33)21-31/h4-7,9-14,17-19,21,30,37H,8,15-16,20,22-24H2,1-3H3. The van der Waals surface area contributed by atoms with Gasteiger partial charge >= 0.3 is 5.97 Å². The summed E-state index contributed by atoms with van der Waals surface area (Å²) in [5, 5.41) is 0. The highest BCUT2D eigenvalue weighted by atomic mass is 32.2. The van der Waals surface area contributed by atoms with Gasteiger partial charge in [-0.05, 0) is 77.9 Å². The van der Waals surface area contributed by atoms with Crippen LogP contribution in [0.3, 0.4) is 0 Å². The Morgan fingerprint density at radius 2 is 1.64 bits per heavy atom. The van der Waals surface area contributed by atoms with E-state index in [4.69, 9.17) is 18.9 Å². The highest BCUT2D eigenvalue weighted by Gasteiger charge is 2.27. The summed E-state index contributed by atoms with van der Waals surface area (Å²) in [6.45, 7) is 5.69. The molecule has 4 aromatic carbocycles. The summed E-state index contributed by atoms with van der Waals surface area (Å²) in [4.78, 5) is 11.7. The summed E-state index contributed by atoms with van der Waals surface area (Å²) >= 11 is 0. The van der Waals surface area contributed by atoms with Crippen LogP contribution in [0.1, 0.15) is 46.6 Å². The quantitative estimate of drug-likeness (QED) is 0.126. The normalized spacial score (nSPS) is 14.0. The Balaban J connectivity index is 1.14. The van der Waals surface area contributed by atoms with Gasteiger partial charge in [-0.1, -0.05) is 54.6 Å². The van der Waals surface area contributed by atoms with Crippen molar-refractivity contribution in [2.24, 2.45) is 0 Å². The molecular weight excluding hydrogens is 590 g/mol. The number of benzene rings is 4. The molecule has 0 aliphatic carbocycles. The number of ether oxygens (including phenoxy) is 4. The number of sulfonamides is 1. The number of hydrogen-bond acceptors (Lipinski definition) is 7. The van der Waals surface area contributed by atoms with E-state index >= 15 is 0 Å². The largest absolute Gasteiger partial charge is 0.494 e. The van der Waals surface area contributed by atoms with Crippen molar-refractivity contribution in [1.82, 2.24) is 4.72 Å². The molecule has 1 atom stereocenters. The average molecular weight is 630 g/mol. The molecule has 4 aromatic rings. The lowest BCUT2D eigenvalue weighted by molar-refractivity contribution is -0.141. The lowest BCUT2D eigenvalue weighted by Gasteiger charge is -2.15. The second-order valence-electron chi connectivity index (χ2n) is 11.2. The van der Waals surface area contributed by atoms with Gasteiger partial charge in [-0.15, -0.1) is 0 Å². The molecule has 1 aliphatic heterocycles. The van der Waals surface area contributed by atoms with Crippen LogP contribution < -0.4 is 18.9 Å². The number of rotatable bonds is 14. The third-order valence-corrected chi connectivity index (χ3v) is 9.10. The van der Waals surface area contributed by atoms with Gasteiger partial charge < -0.3 is 18.9 Å². The van der Waals surface area contributed by atoms with E-state index in [0.29, 0.717) is 45.0 Å². The molecule has 1 N–H and O–H groups in total. The van der Waals surface area contributed by atoms with Crippen molar-refractivity contribution < 1.29 is 32.2 Å². The van der Waals surface area contributed by atoms with Gasteiger partial charge in [0.1, 0.15) is 23.9 Å². The van der Waals surface area contributed by atoms with E-state index in [-0.39, 0.29) is 17.6 Å². The smallest absolute Gasteiger partial charge is 0.306 e. The Kier molecular flexibility index (Phi) is 10.4. The topological polar surface area (TPSA) is 100 Å². The van der Waals surface area contributed by atoms with Gasteiger partial charge in [-0.2, -0.15) is 0 Å². The van der Waals surface area contributed by atoms with Crippen LogP contribution in [-0.2, 0) is 31.9 Å². The molecule has 0 spiro atoms. The first-order chi connectivity index (χ1) is 21.7. The van der Waals surface area contributed by atoms with Crippen LogP contribution >= 0.6 is 0 Å². The van der Waals surface area contributed by atoms with Gasteiger partial charge in [0.15, 0.2) is 0 Å². The van der Waals surface area contributed by atoms with Crippen LogP contribution in [0.5, 0.6) is 17.2 Å². The summed E-state index contributed by atoms with van der Waals surface area (Å²) in [5.41, 5.74) is 7.19. The van der Waals surface area contributed by atoms with Crippen molar-refractivity contribution in [3.8, 4) is 28.4 Å². The first kappa shape index (κ1) is 32.1. The Morgan fingerprint density at radius 1 is 0.889 bits per heavy atom. The molecule has 1 heterocycles. The molecule has 0 aromatic heterocycles. The Morgan fingerprint density at radius 3 is 2.40 bits per heavy atom. The number of carbonyl (C=O) groups excluding carboxylic acids is 1. The Labute approximate surface area is 265 Å². The van der Waals surface area contributed by atoms with Crippen molar-refractivity contribution in [1.29, 1.82) is 0 Å². The third kappa shape index (κ3) is 8.65. The van der Waals surface area contributed by atoms with Crippen LogP contribution in [0.25, 0.3) is 11.1 Å². The predicted molar refractivity (Wildman–Crippen MR) is 174 cm³/mol. The SMILES string of the molecule is COC(=O)CC1COc2cc(OCc3cccc(-c4c(C)cc(OCCCNS(=O)(=O)Cc5ccccc5)cc4C)c3)ccc21. The molecule has 0 radical (unpaired) electrons. The van der Waals surface area contributed by atoms with Gasteiger partial charge in [0.25, 0.3) is 0 Å². The minimum Gasteiger partial charge on any atom is -0.494 e. The van der Waals surface area contributed by atoms with Gasteiger partial charge in [-0.3, -0.25) is 4.79 Å². The average Bonchev–Trinajstić information content (AvgIpc) is 3.41. The van der Waals surface area contributed by atoms with Crippen molar-refractivity contribution >= 4 is 16.0 Å². The highest BCUT2D eigenvalue weighted by molar-refractivity contribution is 7.88. The van der Waals surface area contributed by atoms with Crippen LogP contribution in [0.2, 0.25) is 0 Å².